The summed E-state index contributed by atoms with van der Waals surface area (Å²) in [5.74, 6) is 0.762. The number of rotatable bonds is 4. The van der Waals surface area contributed by atoms with Crippen molar-refractivity contribution in [1.82, 2.24) is 0 Å². The molecule has 1 radical (unpaired) electrons. The number of hydrogen-bond donors (Lipinski definition) is 0. The molecule has 11 heavy (non-hydrogen) atoms. The maximum absolute atomic E-state index is 3.02. The molecule has 0 saturated heterocycles. The Hall–Kier alpha value is 1.31. The second kappa shape index (κ2) is 11.3. The normalized spacial score (nSPS) is 13.7. The van der Waals surface area contributed by atoms with Gasteiger partial charge in [0.2, 0.25) is 0 Å². The molecule has 0 amide bonds. The minimum absolute atomic E-state index is 0. The Kier molecular flexibility index (Phi) is 15.2. The zero-order valence-corrected chi connectivity index (χ0v) is 12.2. The van der Waals surface area contributed by atoms with Crippen molar-refractivity contribution in [3.05, 3.63) is 22.3 Å². The largest absolute Gasteiger partial charge is 0.504 e. The van der Waals surface area contributed by atoms with E-state index < -0.39 is 0 Å². The zero-order valence-electron chi connectivity index (χ0n) is 7.18. The summed E-state index contributed by atoms with van der Waals surface area (Å²) in [6, 6.07) is 0. The first-order chi connectivity index (χ1) is 4.81. The van der Waals surface area contributed by atoms with Crippen LogP contribution in [-0.2, 0) is 32.7 Å². The molecule has 0 fully saturated rings. The Morgan fingerprint density at radius 2 is 2.09 bits per heavy atom. The molecular weight excluding hydrogens is 324 g/mol. The van der Waals surface area contributed by atoms with Crippen LogP contribution in [0.2, 0.25) is 0 Å². The van der Waals surface area contributed by atoms with Crippen LogP contribution in [-0.4, -0.2) is 0 Å². The number of allylic oxidation sites excluding steroid dienone is 3. The van der Waals surface area contributed by atoms with Crippen LogP contribution in [0.25, 0.3) is 0 Å². The molecule has 0 aromatic carbocycles. The van der Waals surface area contributed by atoms with Gasteiger partial charge in [0.1, 0.15) is 0 Å². The first-order valence-electron chi connectivity index (χ1n) is 3.55. The maximum atomic E-state index is 3.02. The Bertz CT molecular complexity index is 105. The minimum atomic E-state index is 0. The molecule has 0 aromatic heterocycles. The summed E-state index contributed by atoms with van der Waals surface area (Å²) >= 11 is 2.25. The van der Waals surface area contributed by atoms with Gasteiger partial charge in [-0.3, -0.25) is 6.08 Å². The molecule has 0 aliphatic rings. The van der Waals surface area contributed by atoms with Crippen molar-refractivity contribution in [2.24, 2.45) is 5.92 Å². The van der Waals surface area contributed by atoms with E-state index >= 15 is 0 Å². The van der Waals surface area contributed by atoms with Gasteiger partial charge in [-0.1, -0.05) is 42.0 Å². The summed E-state index contributed by atoms with van der Waals surface area (Å²) in [5.41, 5.74) is 0. The van der Waals surface area contributed by atoms with Gasteiger partial charge in [-0.05, 0) is 16.4 Å². The molecule has 0 aliphatic heterocycles. The monoisotopic (exact) mass is 338 g/mol. The Morgan fingerprint density at radius 1 is 1.45 bits per heavy atom. The van der Waals surface area contributed by atoms with Crippen LogP contribution in [0.3, 0.4) is 0 Å². The molecule has 1 atom stereocenters. The van der Waals surface area contributed by atoms with Gasteiger partial charge >= 0.3 is 0 Å². The Morgan fingerprint density at radius 3 is 2.55 bits per heavy atom. The van der Waals surface area contributed by atoms with Crippen LogP contribution in [0.4, 0.5) is 0 Å². The third kappa shape index (κ3) is 11.3. The Labute approximate surface area is 109 Å². The average molecular weight is 338 g/mol. The molecule has 0 bridgehead atoms. The molecule has 0 aromatic rings. The van der Waals surface area contributed by atoms with Crippen molar-refractivity contribution < 1.29 is 32.7 Å². The van der Waals surface area contributed by atoms with Crippen molar-refractivity contribution in [1.29, 1.82) is 0 Å². The summed E-state index contributed by atoms with van der Waals surface area (Å²) in [6.45, 7) is 4.20. The smallest absolute Gasteiger partial charge is 0 e. The van der Waals surface area contributed by atoms with Gasteiger partial charge in [-0.25, -0.2) is 0 Å². The molecule has 0 unspecified atom stereocenters. The molecule has 0 saturated carbocycles. The first-order valence-corrected chi connectivity index (χ1v) is 4.80. The summed E-state index contributed by atoms with van der Waals surface area (Å²) in [5, 5.41) is 0. The van der Waals surface area contributed by atoms with Gasteiger partial charge in [0.15, 0.2) is 0 Å². The van der Waals surface area contributed by atoms with Crippen LogP contribution in [0.1, 0.15) is 26.7 Å². The van der Waals surface area contributed by atoms with E-state index in [1.54, 1.807) is 0 Å². The summed E-state index contributed by atoms with van der Waals surface area (Å²) in [4.78, 5) is 0. The second-order valence-corrected chi connectivity index (χ2v) is 3.15. The van der Waals surface area contributed by atoms with Crippen LogP contribution in [0.15, 0.2) is 16.2 Å². The van der Waals surface area contributed by atoms with Gasteiger partial charge in [0, 0.05) is 32.7 Å². The van der Waals surface area contributed by atoms with E-state index in [9.17, 15) is 0 Å². The standard InChI is InChI=1S/C9H14I.Y/c1-3-4-6-9(2)7-5-8-10;/h4-5,8-9H,6-7H2,1-2H3;/q-1;/b8-5-;/t9-;/m0./s1. The molecular formula is C9H14IY-. The Balaban J connectivity index is 0. The van der Waals surface area contributed by atoms with Gasteiger partial charge in [-0.2, -0.15) is 6.92 Å². The molecule has 0 aliphatic carbocycles. The van der Waals surface area contributed by atoms with Gasteiger partial charge in [0.25, 0.3) is 0 Å². The SMILES string of the molecule is C[C-]=CC[C@H](C)C/C=C\I.[Y]. The number of halogens is 1. The number of hydrogen-bond acceptors (Lipinski definition) is 0. The third-order valence-electron chi connectivity index (χ3n) is 1.35. The molecule has 0 heterocycles. The minimum Gasteiger partial charge on any atom is -0.504 e. The van der Waals surface area contributed by atoms with Crippen molar-refractivity contribution in [2.45, 2.75) is 26.7 Å². The van der Waals surface area contributed by atoms with E-state index in [1.807, 2.05) is 6.92 Å². The van der Waals surface area contributed by atoms with E-state index in [-0.39, 0.29) is 32.7 Å². The van der Waals surface area contributed by atoms with Crippen molar-refractivity contribution in [3.8, 4) is 0 Å². The molecule has 61 valence electrons. The van der Waals surface area contributed by atoms with Gasteiger partial charge < -0.3 is 6.08 Å². The first kappa shape index (κ1) is 14.8. The van der Waals surface area contributed by atoms with E-state index in [2.05, 4.69) is 51.8 Å². The van der Waals surface area contributed by atoms with E-state index in [0.29, 0.717) is 0 Å². The van der Waals surface area contributed by atoms with Crippen LogP contribution >= 0.6 is 22.6 Å². The van der Waals surface area contributed by atoms with Crippen LogP contribution < -0.4 is 0 Å². The average Bonchev–Trinajstić information content (AvgIpc) is 1.97. The van der Waals surface area contributed by atoms with Crippen molar-refractivity contribution in [2.75, 3.05) is 0 Å². The molecule has 0 nitrogen and oxygen atoms in total. The van der Waals surface area contributed by atoms with Crippen molar-refractivity contribution >= 4 is 22.6 Å². The topological polar surface area (TPSA) is 0 Å². The quantitative estimate of drug-likeness (QED) is 0.541. The zero-order chi connectivity index (χ0) is 7.82. The molecule has 0 spiro atoms. The summed E-state index contributed by atoms with van der Waals surface area (Å²) in [6.07, 6.45) is 9.66. The fraction of sp³-hybridized carbons (Fsp3) is 0.556. The van der Waals surface area contributed by atoms with E-state index in [0.717, 1.165) is 12.3 Å². The summed E-state index contributed by atoms with van der Waals surface area (Å²) in [7, 11) is 0. The summed E-state index contributed by atoms with van der Waals surface area (Å²) < 4.78 is 2.08. The predicted molar refractivity (Wildman–Crippen MR) is 55.0 cm³/mol. The van der Waals surface area contributed by atoms with E-state index in [1.165, 1.54) is 6.42 Å². The maximum Gasteiger partial charge on any atom is 0 e. The van der Waals surface area contributed by atoms with Crippen LogP contribution in [0.5, 0.6) is 0 Å². The fourth-order valence-electron chi connectivity index (χ4n) is 0.699. The van der Waals surface area contributed by atoms with E-state index in [4.69, 9.17) is 0 Å². The fourth-order valence-corrected chi connectivity index (χ4v) is 0.993. The molecule has 0 rings (SSSR count). The van der Waals surface area contributed by atoms with Gasteiger partial charge in [0.05, 0.1) is 0 Å². The second-order valence-electron chi connectivity index (χ2n) is 2.43. The predicted octanol–water partition coefficient (Wildman–Crippen LogP) is 3.73. The van der Waals surface area contributed by atoms with Gasteiger partial charge in [-0.15, -0.1) is 0 Å². The van der Waals surface area contributed by atoms with Crippen molar-refractivity contribution in [3.63, 3.8) is 0 Å². The van der Waals surface area contributed by atoms with Crippen LogP contribution in [0, 0.1) is 12.0 Å². The third-order valence-corrected chi connectivity index (χ3v) is 1.86. The molecule has 2 heteroatoms. The molecule has 0 N–H and O–H groups in total.